The maximum atomic E-state index is 13.9. The summed E-state index contributed by atoms with van der Waals surface area (Å²) >= 11 is 1.47. The number of para-hydroxylation sites is 2. The number of aromatic nitrogens is 5. The van der Waals surface area contributed by atoms with E-state index in [1.807, 2.05) is 13.0 Å². The van der Waals surface area contributed by atoms with Crippen LogP contribution in [0, 0.1) is 5.92 Å². The maximum Gasteiger partial charge on any atom is 0.320 e. The SMILES string of the molecule is CC1CCN(c2nnc(SC(C)c3nc4ccccc4n3C(F)F)n2C2CC2)CC1. The van der Waals surface area contributed by atoms with Crippen molar-refractivity contribution >= 4 is 28.7 Å². The predicted octanol–water partition coefficient (Wildman–Crippen LogP) is 5.45. The number of anilines is 1. The van der Waals surface area contributed by atoms with Crippen molar-refractivity contribution in [1.29, 1.82) is 0 Å². The summed E-state index contributed by atoms with van der Waals surface area (Å²) < 4.78 is 31.0. The molecule has 0 N–H and O–H groups in total. The Morgan fingerprint density at radius 2 is 1.80 bits per heavy atom. The van der Waals surface area contributed by atoms with Crippen LogP contribution in [-0.4, -0.2) is 37.4 Å². The van der Waals surface area contributed by atoms with Crippen LogP contribution >= 0.6 is 11.8 Å². The molecule has 2 aliphatic rings. The lowest BCUT2D eigenvalue weighted by molar-refractivity contribution is 0.0715. The van der Waals surface area contributed by atoms with Crippen LogP contribution in [0.4, 0.5) is 14.7 Å². The lowest BCUT2D eigenvalue weighted by atomic mass is 10.00. The summed E-state index contributed by atoms with van der Waals surface area (Å²) in [4.78, 5) is 6.85. The molecule has 160 valence electrons. The summed E-state index contributed by atoms with van der Waals surface area (Å²) in [5.41, 5.74) is 1.05. The molecule has 6 nitrogen and oxygen atoms in total. The van der Waals surface area contributed by atoms with Crippen molar-refractivity contribution in [2.45, 2.75) is 62.5 Å². The Labute approximate surface area is 178 Å². The van der Waals surface area contributed by atoms with E-state index in [0.29, 0.717) is 22.9 Å². The molecule has 1 unspecified atom stereocenters. The zero-order chi connectivity index (χ0) is 20.8. The number of imidazole rings is 1. The van der Waals surface area contributed by atoms with Gasteiger partial charge in [0.05, 0.1) is 16.3 Å². The summed E-state index contributed by atoms with van der Waals surface area (Å²) in [6, 6.07) is 7.47. The molecule has 3 heterocycles. The second-order valence-corrected chi connectivity index (χ2v) is 9.73. The Hall–Kier alpha value is -2.16. The molecule has 1 aliphatic carbocycles. The van der Waals surface area contributed by atoms with Gasteiger partial charge in [-0.3, -0.25) is 9.13 Å². The summed E-state index contributed by atoms with van der Waals surface area (Å²) in [6.07, 6.45) is 4.56. The topological polar surface area (TPSA) is 51.8 Å². The van der Waals surface area contributed by atoms with Crippen LogP contribution in [0.2, 0.25) is 0 Å². The summed E-state index contributed by atoms with van der Waals surface area (Å²) in [5, 5.41) is 9.51. The van der Waals surface area contributed by atoms with Crippen LogP contribution < -0.4 is 4.90 Å². The molecular formula is C21H26F2N6S. The molecule has 2 fully saturated rings. The number of hydrogen-bond donors (Lipinski definition) is 0. The van der Waals surface area contributed by atoms with E-state index in [0.717, 1.165) is 60.4 Å². The molecule has 9 heteroatoms. The van der Waals surface area contributed by atoms with Crippen molar-refractivity contribution in [2.24, 2.45) is 5.92 Å². The van der Waals surface area contributed by atoms with Crippen LogP contribution in [0.5, 0.6) is 0 Å². The standard InChI is InChI=1S/C21H26F2N6S/c1-13-9-11-27(12-10-13)20-25-26-21(28(20)15-7-8-15)30-14(2)18-24-16-5-3-4-6-17(16)29(18)19(22)23/h3-6,13-15,19H,7-12H2,1-2H3. The summed E-state index contributed by atoms with van der Waals surface area (Å²) in [7, 11) is 0. The van der Waals surface area contributed by atoms with Crippen LogP contribution in [0.25, 0.3) is 11.0 Å². The number of thioether (sulfide) groups is 1. The van der Waals surface area contributed by atoms with Crippen molar-refractivity contribution in [2.75, 3.05) is 18.0 Å². The smallest absolute Gasteiger partial charge is 0.320 e. The molecule has 3 aromatic rings. The highest BCUT2D eigenvalue weighted by Crippen LogP contribution is 2.44. The monoisotopic (exact) mass is 432 g/mol. The molecule has 2 aromatic heterocycles. The summed E-state index contributed by atoms with van der Waals surface area (Å²) in [5.74, 6) is 2.05. The van der Waals surface area contributed by atoms with Gasteiger partial charge < -0.3 is 4.90 Å². The highest BCUT2D eigenvalue weighted by atomic mass is 32.2. The lowest BCUT2D eigenvalue weighted by Gasteiger charge is -2.31. The summed E-state index contributed by atoms with van der Waals surface area (Å²) in [6.45, 7) is 3.56. The normalized spacial score (nSPS) is 19.2. The van der Waals surface area contributed by atoms with Crippen LogP contribution in [0.3, 0.4) is 0 Å². The van der Waals surface area contributed by atoms with E-state index in [2.05, 4.69) is 31.6 Å². The quantitative estimate of drug-likeness (QED) is 0.485. The van der Waals surface area contributed by atoms with Gasteiger partial charge >= 0.3 is 6.55 Å². The van der Waals surface area contributed by atoms with E-state index in [1.165, 1.54) is 11.8 Å². The molecule has 1 atom stereocenters. The van der Waals surface area contributed by atoms with E-state index in [9.17, 15) is 8.78 Å². The van der Waals surface area contributed by atoms with Gasteiger partial charge in [0.1, 0.15) is 5.82 Å². The minimum Gasteiger partial charge on any atom is -0.341 e. The van der Waals surface area contributed by atoms with E-state index in [-0.39, 0.29) is 5.25 Å². The first-order valence-electron chi connectivity index (χ1n) is 10.6. The number of rotatable bonds is 6. The van der Waals surface area contributed by atoms with Crippen molar-refractivity contribution in [3.63, 3.8) is 0 Å². The fraction of sp³-hybridized carbons (Fsp3) is 0.571. The predicted molar refractivity (Wildman–Crippen MR) is 114 cm³/mol. The van der Waals surface area contributed by atoms with Crippen LogP contribution in [0.1, 0.15) is 63.2 Å². The van der Waals surface area contributed by atoms with Crippen molar-refractivity contribution in [3.05, 3.63) is 30.1 Å². The number of nitrogens with zero attached hydrogens (tertiary/aromatic N) is 6. The molecule has 0 amide bonds. The fourth-order valence-electron chi connectivity index (χ4n) is 4.19. The maximum absolute atomic E-state index is 13.9. The molecule has 30 heavy (non-hydrogen) atoms. The minimum atomic E-state index is -2.64. The van der Waals surface area contributed by atoms with Crippen molar-refractivity contribution < 1.29 is 8.78 Å². The minimum absolute atomic E-state index is 0.276. The first kappa shape index (κ1) is 19.8. The highest BCUT2D eigenvalue weighted by Gasteiger charge is 2.34. The number of alkyl halides is 2. The van der Waals surface area contributed by atoms with Crippen molar-refractivity contribution in [3.8, 4) is 0 Å². The van der Waals surface area contributed by atoms with Gasteiger partial charge in [-0.25, -0.2) is 4.98 Å². The Morgan fingerprint density at radius 3 is 2.50 bits per heavy atom. The zero-order valence-corrected chi connectivity index (χ0v) is 18.0. The van der Waals surface area contributed by atoms with Crippen LogP contribution in [-0.2, 0) is 0 Å². The molecule has 1 saturated carbocycles. The molecule has 0 spiro atoms. The van der Waals surface area contributed by atoms with Gasteiger partial charge in [-0.15, -0.1) is 10.2 Å². The highest BCUT2D eigenvalue weighted by molar-refractivity contribution is 7.99. The van der Waals surface area contributed by atoms with Gasteiger partial charge in [-0.2, -0.15) is 8.78 Å². The van der Waals surface area contributed by atoms with Gasteiger partial charge in [0, 0.05) is 19.1 Å². The first-order valence-corrected chi connectivity index (χ1v) is 11.5. The zero-order valence-electron chi connectivity index (χ0n) is 17.2. The second kappa shape index (κ2) is 7.83. The largest absolute Gasteiger partial charge is 0.341 e. The Bertz CT molecular complexity index is 1040. The Morgan fingerprint density at radius 1 is 1.07 bits per heavy atom. The number of hydrogen-bond acceptors (Lipinski definition) is 5. The average molecular weight is 433 g/mol. The molecule has 0 radical (unpaired) electrons. The molecule has 1 aliphatic heterocycles. The second-order valence-electron chi connectivity index (χ2n) is 8.42. The number of benzene rings is 1. The van der Waals surface area contributed by atoms with Gasteiger partial charge in [0.15, 0.2) is 5.16 Å². The van der Waals surface area contributed by atoms with Crippen LogP contribution in [0.15, 0.2) is 29.4 Å². The van der Waals surface area contributed by atoms with E-state index in [4.69, 9.17) is 0 Å². The fourth-order valence-corrected chi connectivity index (χ4v) is 5.21. The third kappa shape index (κ3) is 3.57. The molecular weight excluding hydrogens is 406 g/mol. The van der Waals surface area contributed by atoms with E-state index in [1.54, 1.807) is 18.2 Å². The van der Waals surface area contributed by atoms with E-state index < -0.39 is 6.55 Å². The van der Waals surface area contributed by atoms with Gasteiger partial charge in [0.25, 0.3) is 0 Å². The number of halogens is 2. The Balaban J connectivity index is 1.45. The molecule has 0 bridgehead atoms. The number of fused-ring (bicyclic) bond motifs is 1. The van der Waals surface area contributed by atoms with Gasteiger partial charge in [-0.05, 0) is 50.7 Å². The first-order chi connectivity index (χ1) is 14.5. The average Bonchev–Trinajstić information content (AvgIpc) is 3.36. The van der Waals surface area contributed by atoms with Crippen molar-refractivity contribution in [1.82, 2.24) is 24.3 Å². The third-order valence-corrected chi connectivity index (χ3v) is 7.14. The molecule has 1 saturated heterocycles. The lowest BCUT2D eigenvalue weighted by Crippen LogP contribution is -2.34. The van der Waals surface area contributed by atoms with Gasteiger partial charge in [-0.1, -0.05) is 30.8 Å². The molecule has 5 rings (SSSR count). The molecule has 1 aromatic carbocycles. The third-order valence-electron chi connectivity index (χ3n) is 6.09. The van der Waals surface area contributed by atoms with E-state index >= 15 is 0 Å². The Kier molecular flexibility index (Phi) is 5.16. The van der Waals surface area contributed by atoms with Gasteiger partial charge in [0.2, 0.25) is 5.95 Å². The number of piperidine rings is 1.